The summed E-state index contributed by atoms with van der Waals surface area (Å²) in [5.74, 6) is -0.474. The van der Waals surface area contributed by atoms with Crippen molar-refractivity contribution in [3.05, 3.63) is 17.7 Å². The van der Waals surface area contributed by atoms with Crippen LogP contribution in [-0.2, 0) is 12.1 Å². The van der Waals surface area contributed by atoms with Gasteiger partial charge in [0, 0.05) is 12.6 Å². The van der Waals surface area contributed by atoms with Gasteiger partial charge in [-0.25, -0.2) is 9.78 Å². The molecular weight excluding hydrogens is 196 g/mol. The summed E-state index contributed by atoms with van der Waals surface area (Å²) in [5.41, 5.74) is -1.15. The SMILES string of the molecule is CCCc1nc(C(=O)O)cn1C(C)(C)O. The van der Waals surface area contributed by atoms with Crippen LogP contribution in [0.25, 0.3) is 0 Å². The molecule has 0 atom stereocenters. The van der Waals surface area contributed by atoms with E-state index in [2.05, 4.69) is 4.98 Å². The number of aromatic nitrogens is 2. The maximum Gasteiger partial charge on any atom is 0.356 e. The van der Waals surface area contributed by atoms with Gasteiger partial charge in [-0.15, -0.1) is 0 Å². The molecule has 1 aromatic heterocycles. The average Bonchev–Trinajstić information content (AvgIpc) is 2.48. The lowest BCUT2D eigenvalue weighted by Crippen LogP contribution is -2.26. The molecule has 84 valence electrons. The van der Waals surface area contributed by atoms with E-state index in [4.69, 9.17) is 5.11 Å². The van der Waals surface area contributed by atoms with Gasteiger partial charge in [0.05, 0.1) is 0 Å². The van der Waals surface area contributed by atoms with E-state index < -0.39 is 11.7 Å². The molecule has 0 saturated carbocycles. The Morgan fingerprint density at radius 3 is 2.60 bits per heavy atom. The van der Waals surface area contributed by atoms with Gasteiger partial charge >= 0.3 is 5.97 Å². The van der Waals surface area contributed by atoms with E-state index in [0.717, 1.165) is 6.42 Å². The molecule has 0 fully saturated rings. The monoisotopic (exact) mass is 212 g/mol. The minimum absolute atomic E-state index is 0.0272. The van der Waals surface area contributed by atoms with Crippen LogP contribution in [0.2, 0.25) is 0 Å². The van der Waals surface area contributed by atoms with E-state index in [1.54, 1.807) is 13.8 Å². The van der Waals surface area contributed by atoms with Crippen LogP contribution in [0.1, 0.15) is 43.5 Å². The van der Waals surface area contributed by atoms with Crippen molar-refractivity contribution >= 4 is 5.97 Å². The van der Waals surface area contributed by atoms with E-state index in [1.165, 1.54) is 10.8 Å². The number of aryl methyl sites for hydroxylation is 1. The Labute approximate surface area is 88.4 Å². The predicted octanol–water partition coefficient (Wildman–Crippen LogP) is 1.22. The van der Waals surface area contributed by atoms with Gasteiger partial charge in [-0.3, -0.25) is 0 Å². The largest absolute Gasteiger partial charge is 0.476 e. The second-order valence-corrected chi connectivity index (χ2v) is 3.96. The lowest BCUT2D eigenvalue weighted by molar-refractivity contribution is -0.00101. The van der Waals surface area contributed by atoms with Crippen molar-refractivity contribution in [2.45, 2.75) is 39.3 Å². The molecule has 1 aromatic rings. The molecule has 0 amide bonds. The molecule has 1 heterocycles. The Balaban J connectivity index is 3.17. The van der Waals surface area contributed by atoms with Crippen LogP contribution in [0.5, 0.6) is 0 Å². The fourth-order valence-corrected chi connectivity index (χ4v) is 1.40. The Morgan fingerprint density at radius 1 is 1.60 bits per heavy atom. The number of carboxylic acid groups (broad SMARTS) is 1. The normalized spacial score (nSPS) is 11.7. The molecule has 0 aliphatic heterocycles. The van der Waals surface area contributed by atoms with Crippen LogP contribution in [0.15, 0.2) is 6.20 Å². The van der Waals surface area contributed by atoms with E-state index >= 15 is 0 Å². The maximum atomic E-state index is 10.7. The summed E-state index contributed by atoms with van der Waals surface area (Å²) in [4.78, 5) is 14.7. The number of nitrogens with zero attached hydrogens (tertiary/aromatic N) is 2. The van der Waals surface area contributed by atoms with E-state index in [-0.39, 0.29) is 5.69 Å². The van der Waals surface area contributed by atoms with Crippen molar-refractivity contribution < 1.29 is 15.0 Å². The molecule has 5 nitrogen and oxygen atoms in total. The fourth-order valence-electron chi connectivity index (χ4n) is 1.40. The molecule has 0 radical (unpaired) electrons. The van der Waals surface area contributed by atoms with Crippen molar-refractivity contribution in [3.63, 3.8) is 0 Å². The number of rotatable bonds is 4. The summed E-state index contributed by atoms with van der Waals surface area (Å²) in [5, 5.41) is 18.6. The molecule has 1 rings (SSSR count). The smallest absolute Gasteiger partial charge is 0.356 e. The minimum Gasteiger partial charge on any atom is -0.476 e. The summed E-state index contributed by atoms with van der Waals surface area (Å²) >= 11 is 0. The second kappa shape index (κ2) is 4.02. The Kier molecular flexibility index (Phi) is 3.14. The highest BCUT2D eigenvalue weighted by molar-refractivity contribution is 5.85. The highest BCUT2D eigenvalue weighted by Gasteiger charge is 2.22. The molecular formula is C10H16N2O3. The van der Waals surface area contributed by atoms with E-state index in [0.29, 0.717) is 12.2 Å². The van der Waals surface area contributed by atoms with Gasteiger partial charge in [0.25, 0.3) is 0 Å². The van der Waals surface area contributed by atoms with Crippen LogP contribution >= 0.6 is 0 Å². The lowest BCUT2D eigenvalue weighted by Gasteiger charge is -2.21. The van der Waals surface area contributed by atoms with Gasteiger partial charge in [-0.1, -0.05) is 6.92 Å². The minimum atomic E-state index is -1.12. The van der Waals surface area contributed by atoms with Gasteiger partial charge in [0.1, 0.15) is 11.5 Å². The highest BCUT2D eigenvalue weighted by Crippen LogP contribution is 2.16. The van der Waals surface area contributed by atoms with Gasteiger partial charge in [-0.05, 0) is 20.3 Å². The molecule has 2 N–H and O–H groups in total. The van der Waals surface area contributed by atoms with Crippen LogP contribution < -0.4 is 0 Å². The molecule has 0 bridgehead atoms. The quantitative estimate of drug-likeness (QED) is 0.786. The van der Waals surface area contributed by atoms with Crippen molar-refractivity contribution in [1.29, 1.82) is 0 Å². The van der Waals surface area contributed by atoms with Gasteiger partial charge in [0.15, 0.2) is 5.69 Å². The van der Waals surface area contributed by atoms with Gasteiger partial charge < -0.3 is 14.8 Å². The number of hydrogen-bond donors (Lipinski definition) is 2. The lowest BCUT2D eigenvalue weighted by atomic mass is 10.2. The summed E-state index contributed by atoms with van der Waals surface area (Å²) in [6.07, 6.45) is 2.87. The number of aliphatic hydroxyl groups is 1. The molecule has 0 aliphatic carbocycles. The summed E-state index contributed by atoms with van der Waals surface area (Å²) < 4.78 is 1.50. The van der Waals surface area contributed by atoms with Crippen molar-refractivity contribution in [3.8, 4) is 0 Å². The highest BCUT2D eigenvalue weighted by atomic mass is 16.4. The molecule has 0 spiro atoms. The third-order valence-corrected chi connectivity index (χ3v) is 2.06. The summed E-state index contributed by atoms with van der Waals surface area (Å²) in [6.45, 7) is 5.17. The van der Waals surface area contributed by atoms with Crippen LogP contribution in [0.4, 0.5) is 0 Å². The zero-order chi connectivity index (χ0) is 11.6. The first kappa shape index (κ1) is 11.7. The first-order chi connectivity index (χ1) is 6.86. The third-order valence-electron chi connectivity index (χ3n) is 2.06. The zero-order valence-corrected chi connectivity index (χ0v) is 9.19. The number of hydrogen-bond acceptors (Lipinski definition) is 3. The molecule has 5 heteroatoms. The average molecular weight is 212 g/mol. The van der Waals surface area contributed by atoms with Crippen molar-refractivity contribution in [2.75, 3.05) is 0 Å². The third kappa shape index (κ3) is 2.56. The summed E-state index contributed by atoms with van der Waals surface area (Å²) in [6, 6.07) is 0. The fraction of sp³-hybridized carbons (Fsp3) is 0.600. The summed E-state index contributed by atoms with van der Waals surface area (Å²) in [7, 11) is 0. The number of carboxylic acids is 1. The molecule has 0 unspecified atom stereocenters. The van der Waals surface area contributed by atoms with Crippen LogP contribution in [0, 0.1) is 0 Å². The molecule has 15 heavy (non-hydrogen) atoms. The standard InChI is InChI=1S/C10H16N2O3/c1-4-5-8-11-7(9(13)14)6-12(8)10(2,3)15/h6,15H,4-5H2,1-3H3,(H,13,14). The number of aromatic carboxylic acids is 1. The number of carbonyl (C=O) groups is 1. The van der Waals surface area contributed by atoms with Crippen molar-refractivity contribution in [2.24, 2.45) is 0 Å². The van der Waals surface area contributed by atoms with Crippen LogP contribution in [-0.4, -0.2) is 25.7 Å². The van der Waals surface area contributed by atoms with E-state index in [1.807, 2.05) is 6.92 Å². The second-order valence-electron chi connectivity index (χ2n) is 3.96. The Bertz CT molecular complexity index is 363. The molecule has 0 aromatic carbocycles. The topological polar surface area (TPSA) is 75.3 Å². The molecule has 0 aliphatic rings. The predicted molar refractivity (Wildman–Crippen MR) is 54.7 cm³/mol. The maximum absolute atomic E-state index is 10.7. The Morgan fingerprint density at radius 2 is 2.20 bits per heavy atom. The van der Waals surface area contributed by atoms with Gasteiger partial charge in [0.2, 0.25) is 0 Å². The van der Waals surface area contributed by atoms with E-state index in [9.17, 15) is 9.90 Å². The first-order valence-corrected chi connectivity index (χ1v) is 4.90. The van der Waals surface area contributed by atoms with Crippen LogP contribution in [0.3, 0.4) is 0 Å². The Hall–Kier alpha value is -1.36. The molecule has 0 saturated heterocycles. The van der Waals surface area contributed by atoms with Crippen molar-refractivity contribution in [1.82, 2.24) is 9.55 Å². The number of imidazole rings is 1. The first-order valence-electron chi connectivity index (χ1n) is 4.90. The van der Waals surface area contributed by atoms with Gasteiger partial charge in [-0.2, -0.15) is 0 Å². The zero-order valence-electron chi connectivity index (χ0n) is 9.19.